The third-order valence-electron chi connectivity index (χ3n) is 4.57. The van der Waals surface area contributed by atoms with Gasteiger partial charge in [-0.3, -0.25) is 49.8 Å². The van der Waals surface area contributed by atoms with Crippen molar-refractivity contribution in [3.05, 3.63) is 99.9 Å². The number of nitrogens with zero attached hydrogens (tertiary/aromatic N) is 4. The molecule has 18 nitrogen and oxygen atoms in total. The van der Waals surface area contributed by atoms with Gasteiger partial charge in [0.2, 0.25) is 10.9 Å². The van der Waals surface area contributed by atoms with Gasteiger partial charge in [0.15, 0.2) is 5.36 Å². The lowest BCUT2D eigenvalue weighted by molar-refractivity contribution is -0.385. The van der Waals surface area contributed by atoms with Crippen LogP contribution in [0.4, 0.5) is 22.7 Å². The first kappa shape index (κ1) is 27.7. The van der Waals surface area contributed by atoms with Gasteiger partial charge in [-0.2, -0.15) is 27.0 Å². The standard InChI is InChI=1S/C18H12N6O12S2/c25-14-6-5-13(21-19-11-3-1-9(23(27)28)7-15(11)37(31,32)33)18(26)17(14)22-20-12-4-2-10(24(29)30)8-16(12)38(34,35)36/h1-8,19-20H,(H,31,32,33)(H,34,35,36)/b21-13+,22-17?. The van der Waals surface area contributed by atoms with Crippen molar-refractivity contribution in [3.63, 3.8) is 0 Å². The first-order chi connectivity index (χ1) is 17.6. The van der Waals surface area contributed by atoms with E-state index in [1.807, 2.05) is 0 Å². The van der Waals surface area contributed by atoms with Crippen molar-refractivity contribution in [2.75, 3.05) is 10.9 Å². The van der Waals surface area contributed by atoms with Crippen molar-refractivity contribution < 1.29 is 35.8 Å². The fourth-order valence-corrected chi connectivity index (χ4v) is 4.16. The molecule has 0 amide bonds. The Morgan fingerprint density at radius 3 is 1.58 bits per heavy atom. The summed E-state index contributed by atoms with van der Waals surface area (Å²) in [6.45, 7) is 0. The molecule has 0 aliphatic rings. The molecular formula is C18H12N6O12S2. The van der Waals surface area contributed by atoms with Crippen molar-refractivity contribution in [2.45, 2.75) is 9.79 Å². The zero-order valence-electron chi connectivity index (χ0n) is 18.2. The lowest BCUT2D eigenvalue weighted by Gasteiger charge is -2.06. The van der Waals surface area contributed by atoms with Crippen molar-refractivity contribution in [3.8, 4) is 0 Å². The number of benzene rings is 3. The van der Waals surface area contributed by atoms with Crippen molar-refractivity contribution in [1.29, 1.82) is 0 Å². The Balaban J connectivity index is 2.09. The largest absolute Gasteiger partial charge is 0.296 e. The fourth-order valence-electron chi connectivity index (χ4n) is 2.83. The molecule has 0 saturated heterocycles. The van der Waals surface area contributed by atoms with Crippen LogP contribution < -0.4 is 32.4 Å². The molecule has 0 fully saturated rings. The SMILES string of the molecule is O=c1cc/c(=N\Nc2ccc([N+](=O)[O-])cc2S(=O)(=O)O)c(=O)c1=NNc1ccc([N+](=O)[O-])cc1S(=O)(=O)O. The minimum Gasteiger partial charge on any atom is -0.287 e. The van der Waals surface area contributed by atoms with E-state index in [2.05, 4.69) is 21.1 Å². The Hall–Kier alpha value is -4.92. The predicted octanol–water partition coefficient (Wildman–Crippen LogP) is -0.552. The minimum atomic E-state index is -5.01. The maximum absolute atomic E-state index is 12.7. The number of nitrogens with one attached hydrogen (secondary N) is 2. The van der Waals surface area contributed by atoms with E-state index >= 15 is 0 Å². The van der Waals surface area contributed by atoms with Gasteiger partial charge in [0, 0.05) is 24.3 Å². The lowest BCUT2D eigenvalue weighted by Crippen LogP contribution is -2.48. The van der Waals surface area contributed by atoms with E-state index in [4.69, 9.17) is 0 Å². The number of nitro benzene ring substituents is 2. The summed E-state index contributed by atoms with van der Waals surface area (Å²) in [5.74, 6) is 0. The molecule has 3 rings (SSSR count). The average Bonchev–Trinajstić information content (AvgIpc) is 2.82. The highest BCUT2D eigenvalue weighted by molar-refractivity contribution is 7.86. The van der Waals surface area contributed by atoms with Crippen molar-refractivity contribution >= 4 is 43.0 Å². The normalized spacial score (nSPS) is 12.8. The van der Waals surface area contributed by atoms with E-state index in [0.717, 1.165) is 36.4 Å². The van der Waals surface area contributed by atoms with E-state index in [-0.39, 0.29) is 0 Å². The summed E-state index contributed by atoms with van der Waals surface area (Å²) in [6, 6.07) is 6.24. The van der Waals surface area contributed by atoms with Crippen LogP contribution in [0.15, 0.2) is 78.1 Å². The molecule has 0 aromatic heterocycles. The molecule has 0 unspecified atom stereocenters. The van der Waals surface area contributed by atoms with Gasteiger partial charge in [-0.15, -0.1) is 0 Å². The van der Waals surface area contributed by atoms with E-state index in [1.165, 1.54) is 0 Å². The maximum atomic E-state index is 12.7. The van der Waals surface area contributed by atoms with Crippen LogP contribution >= 0.6 is 0 Å². The Morgan fingerprint density at radius 2 is 1.16 bits per heavy atom. The van der Waals surface area contributed by atoms with Crippen LogP contribution in [-0.4, -0.2) is 35.8 Å². The topological polar surface area (TPSA) is 278 Å². The maximum Gasteiger partial charge on any atom is 0.296 e. The summed E-state index contributed by atoms with van der Waals surface area (Å²) < 4.78 is 65.2. The van der Waals surface area contributed by atoms with Gasteiger partial charge < -0.3 is 0 Å². The summed E-state index contributed by atoms with van der Waals surface area (Å²) in [6.07, 6.45) is 0. The van der Waals surface area contributed by atoms with Crippen LogP contribution in [0.1, 0.15) is 0 Å². The molecule has 0 aliphatic heterocycles. The second kappa shape index (κ2) is 10.2. The molecule has 0 radical (unpaired) electrons. The van der Waals surface area contributed by atoms with Crippen LogP contribution in [0.2, 0.25) is 0 Å². The Bertz CT molecular complexity index is 1930. The van der Waals surface area contributed by atoms with Gasteiger partial charge in [0.05, 0.1) is 21.2 Å². The van der Waals surface area contributed by atoms with Gasteiger partial charge >= 0.3 is 0 Å². The lowest BCUT2D eigenvalue weighted by atomic mass is 10.3. The summed E-state index contributed by atoms with van der Waals surface area (Å²) in [5, 5.41) is 27.5. The van der Waals surface area contributed by atoms with Gasteiger partial charge in [-0.05, 0) is 24.3 Å². The average molecular weight is 568 g/mol. The molecule has 0 heterocycles. The number of nitro groups is 2. The minimum absolute atomic E-state index is 0.469. The summed E-state index contributed by atoms with van der Waals surface area (Å²) in [4.78, 5) is 42.9. The van der Waals surface area contributed by atoms with Crippen LogP contribution in [0.25, 0.3) is 0 Å². The molecule has 38 heavy (non-hydrogen) atoms. The Kier molecular flexibility index (Phi) is 7.44. The summed E-state index contributed by atoms with van der Waals surface area (Å²) in [5.41, 5.74) is -0.322. The first-order valence-corrected chi connectivity index (χ1v) is 12.4. The van der Waals surface area contributed by atoms with E-state index < -0.39 is 84.2 Å². The van der Waals surface area contributed by atoms with Crippen LogP contribution in [-0.2, 0) is 20.2 Å². The fraction of sp³-hybridized carbons (Fsp3) is 0. The van der Waals surface area contributed by atoms with Gasteiger partial charge in [-0.25, -0.2) is 0 Å². The van der Waals surface area contributed by atoms with E-state index in [9.17, 15) is 55.8 Å². The molecule has 0 spiro atoms. The molecular weight excluding hydrogens is 556 g/mol. The second-order valence-corrected chi connectivity index (χ2v) is 9.81. The molecule has 0 saturated carbocycles. The highest BCUT2D eigenvalue weighted by atomic mass is 32.2. The van der Waals surface area contributed by atoms with Crippen molar-refractivity contribution in [2.24, 2.45) is 10.2 Å². The predicted molar refractivity (Wildman–Crippen MR) is 126 cm³/mol. The zero-order chi connectivity index (χ0) is 28.4. The Morgan fingerprint density at radius 1 is 0.711 bits per heavy atom. The molecule has 0 atom stereocenters. The molecule has 3 aromatic rings. The van der Waals surface area contributed by atoms with Gasteiger partial charge in [0.1, 0.15) is 15.1 Å². The highest BCUT2D eigenvalue weighted by Gasteiger charge is 2.21. The zero-order valence-corrected chi connectivity index (χ0v) is 19.8. The smallest absolute Gasteiger partial charge is 0.287 e. The van der Waals surface area contributed by atoms with E-state index in [1.54, 1.807) is 0 Å². The molecule has 0 aliphatic carbocycles. The number of non-ortho nitro benzene ring substituents is 2. The van der Waals surface area contributed by atoms with E-state index in [0.29, 0.717) is 12.1 Å². The highest BCUT2D eigenvalue weighted by Crippen LogP contribution is 2.27. The molecule has 0 bridgehead atoms. The third-order valence-corrected chi connectivity index (χ3v) is 6.35. The number of rotatable bonds is 8. The third kappa shape index (κ3) is 6.07. The monoisotopic (exact) mass is 568 g/mol. The second-order valence-electron chi connectivity index (χ2n) is 7.03. The summed E-state index contributed by atoms with van der Waals surface area (Å²) >= 11 is 0. The molecule has 3 aromatic carbocycles. The van der Waals surface area contributed by atoms with Crippen LogP contribution in [0, 0.1) is 20.2 Å². The summed E-state index contributed by atoms with van der Waals surface area (Å²) in [7, 11) is -9.99. The number of anilines is 2. The Labute approximate surface area is 209 Å². The van der Waals surface area contributed by atoms with Gasteiger partial charge in [0.25, 0.3) is 31.6 Å². The molecule has 198 valence electrons. The van der Waals surface area contributed by atoms with Crippen molar-refractivity contribution in [1.82, 2.24) is 0 Å². The first-order valence-electron chi connectivity index (χ1n) is 9.56. The van der Waals surface area contributed by atoms with Crippen LogP contribution in [0.5, 0.6) is 0 Å². The van der Waals surface area contributed by atoms with Gasteiger partial charge in [-0.1, -0.05) is 0 Å². The number of hydrogen-bond donors (Lipinski definition) is 4. The quantitative estimate of drug-likeness (QED) is 0.151. The van der Waals surface area contributed by atoms with Crippen LogP contribution in [0.3, 0.4) is 0 Å². The molecule has 4 N–H and O–H groups in total. The number of hydrogen-bond acceptors (Lipinski definition) is 14. The molecule has 20 heteroatoms.